The van der Waals surface area contributed by atoms with Gasteiger partial charge >= 0.3 is 0 Å². The quantitative estimate of drug-likeness (QED) is 0.629. The van der Waals surface area contributed by atoms with E-state index in [1.54, 1.807) is 23.1 Å². The molecule has 1 aliphatic heterocycles. The molecule has 1 aliphatic rings. The van der Waals surface area contributed by atoms with Crippen LogP contribution in [0.2, 0.25) is 5.02 Å². The topological polar surface area (TPSA) is 38.8 Å². The number of carbonyl (C=O) groups is 1. The predicted octanol–water partition coefficient (Wildman–Crippen LogP) is 5.35. The molecule has 2 aromatic rings. The molecule has 27 heavy (non-hydrogen) atoms. The van der Waals surface area contributed by atoms with Crippen molar-refractivity contribution in [2.45, 2.75) is 26.2 Å². The summed E-state index contributed by atoms with van der Waals surface area (Å²) >= 11 is 6.33. The summed E-state index contributed by atoms with van der Waals surface area (Å²) in [6, 6.07) is 13.4. The van der Waals surface area contributed by atoms with Gasteiger partial charge in [-0.3, -0.25) is 4.79 Å². The molecule has 0 N–H and O–H groups in total. The third-order valence-corrected chi connectivity index (χ3v) is 4.59. The molecule has 1 heterocycles. The molecular weight excluding hydrogens is 362 g/mol. The van der Waals surface area contributed by atoms with Crippen LogP contribution in [0.5, 0.6) is 11.5 Å². The van der Waals surface area contributed by atoms with Gasteiger partial charge < -0.3 is 14.4 Å². The van der Waals surface area contributed by atoms with E-state index in [1.807, 2.05) is 36.4 Å². The first kappa shape index (κ1) is 19.3. The van der Waals surface area contributed by atoms with Crippen LogP contribution in [0, 0.1) is 0 Å². The molecule has 0 aliphatic carbocycles. The molecule has 3 rings (SSSR count). The lowest BCUT2D eigenvalue weighted by Gasteiger charge is -2.21. The molecule has 142 valence electrons. The molecule has 0 unspecified atom stereocenters. The van der Waals surface area contributed by atoms with Crippen molar-refractivity contribution in [3.8, 4) is 11.5 Å². The third-order valence-electron chi connectivity index (χ3n) is 4.31. The summed E-state index contributed by atoms with van der Waals surface area (Å²) in [5.74, 6) is 1.14. The van der Waals surface area contributed by atoms with E-state index < -0.39 is 0 Å². The van der Waals surface area contributed by atoms with Gasteiger partial charge in [0.05, 0.1) is 18.2 Å². The van der Waals surface area contributed by atoms with E-state index in [0.29, 0.717) is 36.3 Å². The van der Waals surface area contributed by atoms with E-state index in [2.05, 4.69) is 6.92 Å². The SMILES string of the molecule is CCCCN(C(=O)C=Cc1cc(Cl)c2c(c1)OCCCO2)c1ccccc1. The van der Waals surface area contributed by atoms with Crippen LogP contribution in [0.4, 0.5) is 5.69 Å². The molecule has 5 heteroatoms. The number of nitrogens with zero attached hydrogens (tertiary/aromatic N) is 1. The molecule has 0 saturated heterocycles. The van der Waals surface area contributed by atoms with E-state index >= 15 is 0 Å². The summed E-state index contributed by atoms with van der Waals surface area (Å²) in [5.41, 5.74) is 1.71. The van der Waals surface area contributed by atoms with E-state index in [4.69, 9.17) is 21.1 Å². The van der Waals surface area contributed by atoms with Crippen molar-refractivity contribution < 1.29 is 14.3 Å². The van der Waals surface area contributed by atoms with Crippen LogP contribution in [0.15, 0.2) is 48.5 Å². The van der Waals surface area contributed by atoms with Crippen molar-refractivity contribution in [1.82, 2.24) is 0 Å². The Morgan fingerprint density at radius 3 is 2.74 bits per heavy atom. The molecule has 4 nitrogen and oxygen atoms in total. The van der Waals surface area contributed by atoms with Gasteiger partial charge in [-0.15, -0.1) is 0 Å². The second-order valence-electron chi connectivity index (χ2n) is 6.39. The molecule has 0 aromatic heterocycles. The Hall–Kier alpha value is -2.46. The van der Waals surface area contributed by atoms with Crippen molar-refractivity contribution >= 4 is 29.3 Å². The molecule has 0 radical (unpaired) electrons. The molecule has 0 atom stereocenters. The van der Waals surface area contributed by atoms with Gasteiger partial charge in [-0.2, -0.15) is 0 Å². The number of anilines is 1. The fraction of sp³-hybridized carbons (Fsp3) is 0.318. The van der Waals surface area contributed by atoms with Crippen LogP contribution in [-0.4, -0.2) is 25.7 Å². The van der Waals surface area contributed by atoms with Gasteiger partial charge in [0.15, 0.2) is 11.5 Å². The second kappa shape index (κ2) is 9.47. The number of carbonyl (C=O) groups excluding carboxylic acids is 1. The summed E-state index contributed by atoms with van der Waals surface area (Å²) < 4.78 is 11.4. The van der Waals surface area contributed by atoms with Gasteiger partial charge in [0.1, 0.15) is 0 Å². The van der Waals surface area contributed by atoms with Crippen LogP contribution in [0.1, 0.15) is 31.7 Å². The molecule has 1 amide bonds. The fourth-order valence-corrected chi connectivity index (χ4v) is 3.17. The van der Waals surface area contributed by atoms with Crippen molar-refractivity contribution in [1.29, 1.82) is 0 Å². The second-order valence-corrected chi connectivity index (χ2v) is 6.80. The van der Waals surface area contributed by atoms with Gasteiger partial charge in [0.25, 0.3) is 5.91 Å². The monoisotopic (exact) mass is 385 g/mol. The molecular formula is C22H24ClNO3. The minimum atomic E-state index is -0.0575. The number of unbranched alkanes of at least 4 members (excludes halogenated alkanes) is 1. The summed E-state index contributed by atoms with van der Waals surface area (Å²) in [7, 11) is 0. The van der Waals surface area contributed by atoms with Gasteiger partial charge in [-0.05, 0) is 42.3 Å². The number of benzene rings is 2. The summed E-state index contributed by atoms with van der Waals surface area (Å²) in [6.45, 7) is 3.98. The molecule has 0 spiro atoms. The number of ether oxygens (including phenoxy) is 2. The number of hydrogen-bond donors (Lipinski definition) is 0. The lowest BCUT2D eigenvalue weighted by atomic mass is 10.1. The predicted molar refractivity (Wildman–Crippen MR) is 110 cm³/mol. The Morgan fingerprint density at radius 1 is 1.19 bits per heavy atom. The number of rotatable bonds is 6. The third kappa shape index (κ3) is 5.04. The first-order valence-electron chi connectivity index (χ1n) is 9.33. The van der Waals surface area contributed by atoms with Crippen molar-refractivity contribution in [2.24, 2.45) is 0 Å². The molecule has 0 fully saturated rings. The lowest BCUT2D eigenvalue weighted by molar-refractivity contribution is -0.114. The number of para-hydroxylation sites is 1. The minimum Gasteiger partial charge on any atom is -0.489 e. The van der Waals surface area contributed by atoms with E-state index in [-0.39, 0.29) is 5.91 Å². The summed E-state index contributed by atoms with van der Waals surface area (Å²) in [4.78, 5) is 14.6. The summed E-state index contributed by atoms with van der Waals surface area (Å²) in [5, 5.41) is 0.493. The highest BCUT2D eigenvalue weighted by Crippen LogP contribution is 2.38. The van der Waals surface area contributed by atoms with Crippen LogP contribution in [0.3, 0.4) is 0 Å². The van der Waals surface area contributed by atoms with Crippen molar-refractivity contribution in [2.75, 3.05) is 24.7 Å². The van der Waals surface area contributed by atoms with Crippen molar-refractivity contribution in [3.63, 3.8) is 0 Å². The number of hydrogen-bond acceptors (Lipinski definition) is 3. The van der Waals surface area contributed by atoms with E-state index in [1.165, 1.54) is 0 Å². The Balaban J connectivity index is 1.80. The zero-order valence-corrected chi connectivity index (χ0v) is 16.2. The largest absolute Gasteiger partial charge is 0.489 e. The standard InChI is InChI=1S/C22H24ClNO3/c1-2-3-12-24(18-8-5-4-6-9-18)21(25)11-10-17-15-19(23)22-20(16-17)26-13-7-14-27-22/h4-6,8-11,15-16H,2-3,7,12-14H2,1H3. The maximum Gasteiger partial charge on any atom is 0.250 e. The maximum atomic E-state index is 12.8. The molecule has 2 aromatic carbocycles. The number of fused-ring (bicyclic) bond motifs is 1. The first-order valence-corrected chi connectivity index (χ1v) is 9.70. The molecule has 0 saturated carbocycles. The summed E-state index contributed by atoms with van der Waals surface area (Å²) in [6.07, 6.45) is 6.14. The Morgan fingerprint density at radius 2 is 1.96 bits per heavy atom. The smallest absolute Gasteiger partial charge is 0.250 e. The van der Waals surface area contributed by atoms with Gasteiger partial charge in [0.2, 0.25) is 0 Å². The Kier molecular flexibility index (Phi) is 6.77. The van der Waals surface area contributed by atoms with Crippen LogP contribution < -0.4 is 14.4 Å². The highest BCUT2D eigenvalue weighted by Gasteiger charge is 2.16. The zero-order valence-electron chi connectivity index (χ0n) is 15.5. The Bertz CT molecular complexity index is 805. The first-order chi connectivity index (χ1) is 13.2. The lowest BCUT2D eigenvalue weighted by Crippen LogP contribution is -2.30. The minimum absolute atomic E-state index is 0.0575. The maximum absolute atomic E-state index is 12.8. The van der Waals surface area contributed by atoms with Gasteiger partial charge in [-0.1, -0.05) is 43.1 Å². The number of amides is 1. The van der Waals surface area contributed by atoms with Crippen LogP contribution in [-0.2, 0) is 4.79 Å². The normalized spacial score (nSPS) is 13.4. The van der Waals surface area contributed by atoms with Crippen LogP contribution >= 0.6 is 11.6 Å². The van der Waals surface area contributed by atoms with Crippen LogP contribution in [0.25, 0.3) is 6.08 Å². The average Bonchev–Trinajstić information content (AvgIpc) is 2.93. The zero-order chi connectivity index (χ0) is 19.1. The highest BCUT2D eigenvalue weighted by atomic mass is 35.5. The Labute approximate surface area is 165 Å². The van der Waals surface area contributed by atoms with Crippen molar-refractivity contribution in [3.05, 3.63) is 59.1 Å². The van der Waals surface area contributed by atoms with Gasteiger partial charge in [0, 0.05) is 24.7 Å². The van der Waals surface area contributed by atoms with E-state index in [9.17, 15) is 4.79 Å². The molecule has 0 bridgehead atoms. The van der Waals surface area contributed by atoms with E-state index in [0.717, 1.165) is 30.5 Å². The average molecular weight is 386 g/mol. The van der Waals surface area contributed by atoms with Gasteiger partial charge in [-0.25, -0.2) is 0 Å². The fourth-order valence-electron chi connectivity index (χ4n) is 2.90. The number of halogens is 1. The highest BCUT2D eigenvalue weighted by molar-refractivity contribution is 6.32.